The van der Waals surface area contributed by atoms with Gasteiger partial charge in [0.15, 0.2) is 12.4 Å². The van der Waals surface area contributed by atoms with Gasteiger partial charge in [-0.05, 0) is 0 Å². The van der Waals surface area contributed by atoms with Crippen LogP contribution in [-0.2, 0) is 23.8 Å². The van der Waals surface area contributed by atoms with Crippen LogP contribution in [0.4, 0.5) is 0 Å². The predicted octanol–water partition coefficient (Wildman–Crippen LogP) is -4.98. The van der Waals surface area contributed by atoms with Gasteiger partial charge < -0.3 is 44.8 Å². The van der Waals surface area contributed by atoms with Crippen LogP contribution in [-0.4, -0.2) is 105 Å². The molecule has 0 bridgehead atoms. The van der Waals surface area contributed by atoms with Crippen LogP contribution in [0.1, 0.15) is 0 Å². The molecule has 2 fully saturated rings. The van der Waals surface area contributed by atoms with Gasteiger partial charge in [0.2, 0.25) is 12.1 Å². The molecule has 2 aliphatic heterocycles. The van der Waals surface area contributed by atoms with Crippen molar-refractivity contribution in [3.05, 3.63) is 0 Å². The number of hydrogen-bond donors (Lipinski definition) is 6. The third-order valence-electron chi connectivity index (χ3n) is 3.68. The number of carbonyl (C=O) groups excluding carboxylic acids is 2. The summed E-state index contributed by atoms with van der Waals surface area (Å²) in [6.07, 6.45) is -13.2. The maximum Gasteiger partial charge on any atom is 0.256 e. The standard InChI is InChI=1S/C12H18O11/c13-1-3-5(15)6(16)9(19)12(22-3)23-10-4(2-14)21-11(20)8(18)7(10)17/h3-6,9-16,19-20H,1-2H2/t3-,4-,5+,6+,9-,10-,11?,12+/m1/s1. The van der Waals surface area contributed by atoms with Crippen LogP contribution in [0.3, 0.4) is 0 Å². The van der Waals surface area contributed by atoms with Gasteiger partial charge in [0.1, 0.15) is 30.5 Å². The van der Waals surface area contributed by atoms with Crippen LogP contribution < -0.4 is 0 Å². The highest BCUT2D eigenvalue weighted by molar-refractivity contribution is 6.40. The molecule has 0 spiro atoms. The Hall–Kier alpha value is -1.02. The normalized spacial score (nSPS) is 45.3. The first-order valence-corrected chi connectivity index (χ1v) is 6.80. The Balaban J connectivity index is 2.15. The van der Waals surface area contributed by atoms with E-state index in [1.54, 1.807) is 0 Å². The summed E-state index contributed by atoms with van der Waals surface area (Å²) in [5.41, 5.74) is 0. The molecule has 0 aromatic heterocycles. The van der Waals surface area contributed by atoms with Crippen molar-refractivity contribution < 1.29 is 54.4 Å². The summed E-state index contributed by atoms with van der Waals surface area (Å²) in [5, 5.41) is 56.6. The molecule has 0 aromatic carbocycles. The molecule has 11 nitrogen and oxygen atoms in total. The highest BCUT2D eigenvalue weighted by Crippen LogP contribution is 2.25. The summed E-state index contributed by atoms with van der Waals surface area (Å²) >= 11 is 0. The molecule has 0 radical (unpaired) electrons. The van der Waals surface area contributed by atoms with E-state index in [2.05, 4.69) is 0 Å². The van der Waals surface area contributed by atoms with Gasteiger partial charge in [-0.1, -0.05) is 0 Å². The number of carbonyl (C=O) groups is 2. The maximum atomic E-state index is 11.9. The van der Waals surface area contributed by atoms with Crippen LogP contribution in [0.25, 0.3) is 0 Å². The first-order valence-electron chi connectivity index (χ1n) is 6.80. The van der Waals surface area contributed by atoms with E-state index in [-0.39, 0.29) is 0 Å². The van der Waals surface area contributed by atoms with E-state index >= 15 is 0 Å². The molecule has 132 valence electrons. The quantitative estimate of drug-likeness (QED) is 0.270. The number of hydrogen-bond acceptors (Lipinski definition) is 11. The molecular weight excluding hydrogens is 320 g/mol. The Kier molecular flexibility index (Phi) is 5.78. The zero-order valence-corrected chi connectivity index (χ0v) is 11.8. The Morgan fingerprint density at radius 3 is 2.00 bits per heavy atom. The molecule has 0 amide bonds. The van der Waals surface area contributed by atoms with E-state index < -0.39 is 74.0 Å². The minimum absolute atomic E-state index is 0.707. The molecule has 2 aliphatic rings. The summed E-state index contributed by atoms with van der Waals surface area (Å²) in [6.45, 7) is -1.49. The number of ether oxygens (including phenoxy) is 3. The Labute approximate surface area is 129 Å². The van der Waals surface area contributed by atoms with Gasteiger partial charge in [0.25, 0.3) is 5.78 Å². The van der Waals surface area contributed by atoms with Gasteiger partial charge in [-0.3, -0.25) is 9.59 Å². The summed E-state index contributed by atoms with van der Waals surface area (Å²) in [4.78, 5) is 23.3. The summed E-state index contributed by atoms with van der Waals surface area (Å²) in [5.74, 6) is -2.51. The average Bonchev–Trinajstić information content (AvgIpc) is 2.55. The highest BCUT2D eigenvalue weighted by Gasteiger charge is 2.50. The molecule has 2 heterocycles. The molecule has 11 heteroatoms. The van der Waals surface area contributed by atoms with Gasteiger partial charge in [0.05, 0.1) is 13.2 Å². The Morgan fingerprint density at radius 2 is 1.43 bits per heavy atom. The van der Waals surface area contributed by atoms with Gasteiger partial charge in [0, 0.05) is 0 Å². The Bertz CT molecular complexity index is 452. The predicted molar refractivity (Wildman–Crippen MR) is 66.6 cm³/mol. The average molecular weight is 338 g/mol. The summed E-state index contributed by atoms with van der Waals surface area (Å²) in [7, 11) is 0. The molecule has 6 N–H and O–H groups in total. The molecule has 2 saturated heterocycles. The third-order valence-corrected chi connectivity index (χ3v) is 3.68. The van der Waals surface area contributed by atoms with E-state index in [4.69, 9.17) is 24.4 Å². The lowest BCUT2D eigenvalue weighted by molar-refractivity contribution is -0.320. The van der Waals surface area contributed by atoms with E-state index in [1.807, 2.05) is 0 Å². The zero-order valence-electron chi connectivity index (χ0n) is 11.8. The van der Waals surface area contributed by atoms with Crippen LogP contribution in [0.15, 0.2) is 0 Å². The van der Waals surface area contributed by atoms with Crippen LogP contribution in [0.5, 0.6) is 0 Å². The number of ketones is 2. The number of rotatable bonds is 4. The van der Waals surface area contributed by atoms with Gasteiger partial charge in [-0.2, -0.15) is 0 Å². The largest absolute Gasteiger partial charge is 0.394 e. The number of aliphatic hydroxyl groups excluding tert-OH is 6. The van der Waals surface area contributed by atoms with E-state index in [0.717, 1.165) is 0 Å². The van der Waals surface area contributed by atoms with Crippen molar-refractivity contribution in [2.24, 2.45) is 0 Å². The fraction of sp³-hybridized carbons (Fsp3) is 0.833. The minimum Gasteiger partial charge on any atom is -0.394 e. The van der Waals surface area contributed by atoms with Gasteiger partial charge in [-0.25, -0.2) is 0 Å². The second-order valence-electron chi connectivity index (χ2n) is 5.19. The molecule has 0 aromatic rings. The van der Waals surface area contributed by atoms with E-state index in [0.29, 0.717) is 0 Å². The van der Waals surface area contributed by atoms with Crippen LogP contribution >= 0.6 is 0 Å². The van der Waals surface area contributed by atoms with Crippen molar-refractivity contribution >= 4 is 11.6 Å². The van der Waals surface area contributed by atoms with E-state index in [1.165, 1.54) is 0 Å². The summed E-state index contributed by atoms with van der Waals surface area (Å²) < 4.78 is 14.9. The van der Waals surface area contributed by atoms with Crippen molar-refractivity contribution in [3.8, 4) is 0 Å². The minimum atomic E-state index is -2.03. The molecule has 8 atom stereocenters. The molecule has 0 saturated carbocycles. The smallest absolute Gasteiger partial charge is 0.256 e. The lowest BCUT2D eigenvalue weighted by atomic mass is 9.98. The van der Waals surface area contributed by atoms with Crippen molar-refractivity contribution in [3.63, 3.8) is 0 Å². The zero-order chi connectivity index (χ0) is 17.3. The second kappa shape index (κ2) is 7.25. The van der Waals surface area contributed by atoms with Gasteiger partial charge in [-0.15, -0.1) is 0 Å². The fourth-order valence-electron chi connectivity index (χ4n) is 2.34. The number of Topliss-reactive ketones (excluding diaryl/α,β-unsaturated/α-hetero) is 2. The van der Waals surface area contributed by atoms with Crippen molar-refractivity contribution in [1.29, 1.82) is 0 Å². The van der Waals surface area contributed by atoms with E-state index in [9.17, 15) is 30.0 Å². The van der Waals surface area contributed by atoms with Crippen molar-refractivity contribution in [2.45, 2.75) is 49.2 Å². The molecule has 23 heavy (non-hydrogen) atoms. The van der Waals surface area contributed by atoms with Crippen LogP contribution in [0.2, 0.25) is 0 Å². The molecular formula is C12H18O11. The SMILES string of the molecule is O=C1C(=O)[C@H](O[C@@H]2O[C@H](CO)[C@H](O)[C@H](O)[C@H]2O)[C@@H](CO)OC1O. The second-order valence-corrected chi connectivity index (χ2v) is 5.19. The van der Waals surface area contributed by atoms with Gasteiger partial charge >= 0.3 is 0 Å². The topological polar surface area (TPSA) is 183 Å². The molecule has 0 aliphatic carbocycles. The number of aliphatic hydroxyl groups is 6. The molecule has 1 unspecified atom stereocenters. The van der Waals surface area contributed by atoms with Crippen LogP contribution in [0, 0.1) is 0 Å². The fourth-order valence-corrected chi connectivity index (χ4v) is 2.34. The maximum absolute atomic E-state index is 11.9. The highest BCUT2D eigenvalue weighted by atomic mass is 16.7. The lowest BCUT2D eigenvalue weighted by Crippen LogP contribution is -2.62. The first-order chi connectivity index (χ1) is 10.8. The van der Waals surface area contributed by atoms with Crippen molar-refractivity contribution in [2.75, 3.05) is 13.2 Å². The monoisotopic (exact) mass is 338 g/mol. The Morgan fingerprint density at radius 1 is 0.826 bits per heavy atom. The first kappa shape index (κ1) is 18.3. The lowest BCUT2D eigenvalue weighted by Gasteiger charge is -2.42. The summed E-state index contributed by atoms with van der Waals surface area (Å²) in [6, 6.07) is 0. The van der Waals surface area contributed by atoms with Crippen molar-refractivity contribution in [1.82, 2.24) is 0 Å². The third kappa shape index (κ3) is 3.42. The molecule has 2 rings (SSSR count).